The van der Waals surface area contributed by atoms with Crippen LogP contribution in [0.5, 0.6) is 0 Å². The number of nitrogens with zero attached hydrogens (tertiary/aromatic N) is 2. The zero-order valence-corrected chi connectivity index (χ0v) is 26.2. The summed E-state index contributed by atoms with van der Waals surface area (Å²) in [4.78, 5) is 18.1. The first-order valence-corrected chi connectivity index (χ1v) is 17.0. The largest absolute Gasteiger partial charge is 0.391 e. The van der Waals surface area contributed by atoms with E-state index in [2.05, 4.69) is 30.9 Å². The van der Waals surface area contributed by atoms with Gasteiger partial charge >= 0.3 is 0 Å². The highest BCUT2D eigenvalue weighted by Crippen LogP contribution is 2.23. The van der Waals surface area contributed by atoms with Gasteiger partial charge in [0.1, 0.15) is 0 Å². The fourth-order valence-corrected chi connectivity index (χ4v) is 6.41. The van der Waals surface area contributed by atoms with Crippen LogP contribution >= 0.6 is 0 Å². The number of aliphatic hydroxyl groups excluding tert-OH is 1. The Labute approximate surface area is 250 Å². The third-order valence-corrected chi connectivity index (χ3v) is 9.10. The van der Waals surface area contributed by atoms with E-state index in [1.165, 1.54) is 70.6 Å². The minimum absolute atomic E-state index is 0.124. The molecular formula is C36H59N3O2. The van der Waals surface area contributed by atoms with Gasteiger partial charge < -0.3 is 15.7 Å². The Bertz CT molecular complexity index is 990. The summed E-state index contributed by atoms with van der Waals surface area (Å²) in [6.45, 7) is 7.43. The third kappa shape index (κ3) is 11.3. The zero-order valence-electron chi connectivity index (χ0n) is 26.2. The van der Waals surface area contributed by atoms with Crippen molar-refractivity contribution in [3.8, 4) is 0 Å². The summed E-state index contributed by atoms with van der Waals surface area (Å²) in [6, 6.07) is 14.2. The van der Waals surface area contributed by atoms with Gasteiger partial charge in [-0.1, -0.05) is 140 Å². The number of unbranched alkanes of at least 4 members (excludes halogenated alkanes) is 12. The molecule has 0 aromatic heterocycles. The fourth-order valence-electron chi connectivity index (χ4n) is 6.41. The van der Waals surface area contributed by atoms with Crippen molar-refractivity contribution < 1.29 is 9.90 Å². The molecule has 1 fully saturated rings. The lowest BCUT2D eigenvalue weighted by molar-refractivity contribution is 0.0341. The van der Waals surface area contributed by atoms with Crippen LogP contribution in [0.25, 0.3) is 10.8 Å². The number of rotatable bonds is 20. The average molecular weight is 566 g/mol. The Balaban J connectivity index is 1.39. The Hall–Kier alpha value is -1.95. The molecule has 2 aromatic rings. The number of hydrogen-bond acceptors (Lipinski definition) is 4. The van der Waals surface area contributed by atoms with Crippen LogP contribution in [0.15, 0.2) is 42.5 Å². The number of amides is 1. The molecule has 5 nitrogen and oxygen atoms in total. The zero-order chi connectivity index (χ0) is 29.3. The van der Waals surface area contributed by atoms with Crippen molar-refractivity contribution in [1.82, 2.24) is 9.80 Å². The Morgan fingerprint density at radius 3 is 2.12 bits per heavy atom. The van der Waals surface area contributed by atoms with E-state index >= 15 is 0 Å². The van der Waals surface area contributed by atoms with E-state index in [9.17, 15) is 9.90 Å². The summed E-state index contributed by atoms with van der Waals surface area (Å²) >= 11 is 0. The van der Waals surface area contributed by atoms with E-state index in [1.807, 2.05) is 35.2 Å². The van der Waals surface area contributed by atoms with Gasteiger partial charge in [0.15, 0.2) is 0 Å². The predicted octanol–water partition coefficient (Wildman–Crippen LogP) is 7.94. The SMILES string of the molecule is CCCCCCCCCCCCCC[C@@H](O)[C@H](N)CN1CCN(C(=O)c2cccc3ccccc23)C[C@@H]1CCCC. The molecule has 1 saturated heterocycles. The molecule has 3 rings (SSSR count). The molecule has 1 amide bonds. The van der Waals surface area contributed by atoms with E-state index in [0.717, 1.165) is 61.5 Å². The van der Waals surface area contributed by atoms with E-state index in [-0.39, 0.29) is 18.0 Å². The molecule has 3 N–H and O–H groups in total. The van der Waals surface area contributed by atoms with Crippen molar-refractivity contribution in [2.24, 2.45) is 5.73 Å². The fraction of sp³-hybridized carbons (Fsp3) is 0.694. The molecular weight excluding hydrogens is 506 g/mol. The van der Waals surface area contributed by atoms with Crippen LogP contribution in [-0.2, 0) is 0 Å². The van der Waals surface area contributed by atoms with Gasteiger partial charge in [0.05, 0.1) is 6.10 Å². The minimum atomic E-state index is -0.458. The van der Waals surface area contributed by atoms with Crippen LogP contribution in [0.2, 0.25) is 0 Å². The normalized spacial score (nSPS) is 17.7. The van der Waals surface area contributed by atoms with E-state index in [0.29, 0.717) is 13.1 Å². The first-order valence-electron chi connectivity index (χ1n) is 17.0. The van der Waals surface area contributed by atoms with Crippen LogP contribution in [0.4, 0.5) is 0 Å². The van der Waals surface area contributed by atoms with Gasteiger partial charge in [0.2, 0.25) is 0 Å². The lowest BCUT2D eigenvalue weighted by Crippen LogP contribution is -2.58. The van der Waals surface area contributed by atoms with Gasteiger partial charge in [-0.15, -0.1) is 0 Å². The van der Waals surface area contributed by atoms with Crippen molar-refractivity contribution >= 4 is 16.7 Å². The van der Waals surface area contributed by atoms with E-state index < -0.39 is 6.10 Å². The molecule has 1 aliphatic rings. The van der Waals surface area contributed by atoms with Crippen LogP contribution < -0.4 is 5.73 Å². The standard InChI is InChI=1S/C36H59N3O2/c1-3-5-7-8-9-10-11-12-13-14-15-16-25-35(40)34(37)29-38-26-27-39(28-31(38)22-6-4-2)36(41)33-24-19-21-30-20-17-18-23-32(30)33/h17-21,23-24,31,34-35,40H,3-16,22,25-29,37H2,1-2H3/t31-,34+,35+/m0/s1. The molecule has 0 saturated carbocycles. The molecule has 1 aliphatic heterocycles. The molecule has 0 radical (unpaired) electrons. The summed E-state index contributed by atoms with van der Waals surface area (Å²) in [7, 11) is 0. The molecule has 0 bridgehead atoms. The summed E-state index contributed by atoms with van der Waals surface area (Å²) in [5, 5.41) is 13.0. The number of aliphatic hydroxyl groups is 1. The predicted molar refractivity (Wildman–Crippen MR) is 174 cm³/mol. The Morgan fingerprint density at radius 1 is 0.829 bits per heavy atom. The first kappa shape index (κ1) is 33.6. The lowest BCUT2D eigenvalue weighted by Gasteiger charge is -2.43. The Morgan fingerprint density at radius 2 is 1.44 bits per heavy atom. The molecule has 0 spiro atoms. The van der Waals surface area contributed by atoms with Gasteiger partial charge in [0.25, 0.3) is 5.91 Å². The molecule has 0 unspecified atom stereocenters. The number of piperazine rings is 1. The number of carbonyl (C=O) groups is 1. The topological polar surface area (TPSA) is 69.8 Å². The van der Waals surface area contributed by atoms with Crippen molar-refractivity contribution in [2.45, 2.75) is 135 Å². The van der Waals surface area contributed by atoms with Crippen molar-refractivity contribution in [3.63, 3.8) is 0 Å². The highest BCUT2D eigenvalue weighted by molar-refractivity contribution is 6.07. The first-order chi connectivity index (χ1) is 20.0. The smallest absolute Gasteiger partial charge is 0.254 e. The van der Waals surface area contributed by atoms with E-state index in [4.69, 9.17) is 5.73 Å². The maximum absolute atomic E-state index is 13.6. The maximum Gasteiger partial charge on any atom is 0.254 e. The number of nitrogens with two attached hydrogens (primary N) is 1. The monoisotopic (exact) mass is 565 g/mol. The van der Waals surface area contributed by atoms with Crippen LogP contribution in [0.1, 0.15) is 127 Å². The highest BCUT2D eigenvalue weighted by atomic mass is 16.3. The third-order valence-electron chi connectivity index (χ3n) is 9.10. The number of carbonyl (C=O) groups excluding carboxylic acids is 1. The molecule has 230 valence electrons. The molecule has 2 aromatic carbocycles. The second-order valence-corrected chi connectivity index (χ2v) is 12.5. The van der Waals surface area contributed by atoms with Crippen molar-refractivity contribution in [1.29, 1.82) is 0 Å². The molecule has 5 heteroatoms. The second-order valence-electron chi connectivity index (χ2n) is 12.5. The van der Waals surface area contributed by atoms with E-state index in [1.54, 1.807) is 0 Å². The number of hydrogen-bond donors (Lipinski definition) is 2. The quantitative estimate of drug-likeness (QED) is 0.160. The molecule has 41 heavy (non-hydrogen) atoms. The average Bonchev–Trinajstić information content (AvgIpc) is 3.00. The number of fused-ring (bicyclic) bond motifs is 1. The Kier molecular flexibility index (Phi) is 15.8. The van der Waals surface area contributed by atoms with Gasteiger partial charge in [-0.05, 0) is 29.7 Å². The summed E-state index contributed by atoms with van der Waals surface area (Å²) in [5.41, 5.74) is 7.35. The van der Waals surface area contributed by atoms with Gasteiger partial charge in [-0.25, -0.2) is 0 Å². The van der Waals surface area contributed by atoms with Crippen LogP contribution in [-0.4, -0.2) is 65.2 Å². The summed E-state index contributed by atoms with van der Waals surface area (Å²) < 4.78 is 0. The summed E-state index contributed by atoms with van der Waals surface area (Å²) in [5.74, 6) is 0.124. The highest BCUT2D eigenvalue weighted by Gasteiger charge is 2.32. The van der Waals surface area contributed by atoms with Crippen LogP contribution in [0, 0.1) is 0 Å². The second kappa shape index (κ2) is 19.3. The molecule has 0 aliphatic carbocycles. The van der Waals surface area contributed by atoms with Crippen LogP contribution in [0.3, 0.4) is 0 Å². The maximum atomic E-state index is 13.6. The van der Waals surface area contributed by atoms with Gasteiger partial charge in [-0.3, -0.25) is 9.69 Å². The lowest BCUT2D eigenvalue weighted by atomic mass is 9.99. The molecule has 3 atom stereocenters. The summed E-state index contributed by atoms with van der Waals surface area (Å²) in [6.07, 6.45) is 19.5. The van der Waals surface area contributed by atoms with Gasteiger partial charge in [0, 0.05) is 43.8 Å². The van der Waals surface area contributed by atoms with Crippen molar-refractivity contribution in [2.75, 3.05) is 26.2 Å². The molecule has 1 heterocycles. The minimum Gasteiger partial charge on any atom is -0.391 e. The van der Waals surface area contributed by atoms with Gasteiger partial charge in [-0.2, -0.15) is 0 Å². The van der Waals surface area contributed by atoms with Crippen molar-refractivity contribution in [3.05, 3.63) is 48.0 Å². The number of benzene rings is 2.